The second-order valence-electron chi connectivity index (χ2n) is 4.54. The molecule has 0 saturated carbocycles. The first-order chi connectivity index (χ1) is 9.02. The fraction of sp³-hybridized carbons (Fsp3) is 0.429. The van der Waals surface area contributed by atoms with Crippen molar-refractivity contribution >= 4 is 34.5 Å². The Hall–Kier alpha value is -0.480. The summed E-state index contributed by atoms with van der Waals surface area (Å²) >= 11 is 13.7. The van der Waals surface area contributed by atoms with E-state index in [4.69, 9.17) is 27.6 Å². The molecule has 0 spiro atoms. The van der Waals surface area contributed by atoms with Gasteiger partial charge in [-0.05, 0) is 38.9 Å². The molecule has 104 valence electrons. The average molecular weight is 318 g/mol. The smallest absolute Gasteiger partial charge is 0.106 e. The highest BCUT2D eigenvalue weighted by Crippen LogP contribution is 2.38. The van der Waals surface area contributed by atoms with Crippen molar-refractivity contribution < 1.29 is 4.42 Å². The molecule has 0 aromatic carbocycles. The molecule has 1 atom stereocenters. The fourth-order valence-corrected chi connectivity index (χ4v) is 3.70. The number of rotatable bonds is 5. The van der Waals surface area contributed by atoms with Crippen LogP contribution < -0.4 is 5.32 Å². The summed E-state index contributed by atoms with van der Waals surface area (Å²) in [7, 11) is 0. The minimum atomic E-state index is 0.0358. The van der Waals surface area contributed by atoms with E-state index < -0.39 is 0 Å². The van der Waals surface area contributed by atoms with Gasteiger partial charge in [0.15, 0.2) is 0 Å². The second kappa shape index (κ2) is 6.31. The number of aryl methyl sites for hydroxylation is 2. The summed E-state index contributed by atoms with van der Waals surface area (Å²) in [5.41, 5.74) is 2.15. The third-order valence-corrected chi connectivity index (χ3v) is 4.50. The van der Waals surface area contributed by atoms with Crippen LogP contribution in [0.1, 0.15) is 42.0 Å². The van der Waals surface area contributed by atoms with Gasteiger partial charge in [-0.25, -0.2) is 0 Å². The summed E-state index contributed by atoms with van der Waals surface area (Å²) in [5, 5.41) is 3.51. The van der Waals surface area contributed by atoms with Crippen molar-refractivity contribution in [2.24, 2.45) is 0 Å². The van der Waals surface area contributed by atoms with Gasteiger partial charge in [-0.1, -0.05) is 30.1 Å². The molecule has 0 bridgehead atoms. The number of halogens is 2. The molecule has 0 amide bonds. The van der Waals surface area contributed by atoms with Crippen molar-refractivity contribution in [1.29, 1.82) is 0 Å². The van der Waals surface area contributed by atoms with Crippen molar-refractivity contribution in [3.05, 3.63) is 43.5 Å². The average Bonchev–Trinajstić information content (AvgIpc) is 2.83. The van der Waals surface area contributed by atoms with Gasteiger partial charge in [-0.3, -0.25) is 0 Å². The maximum absolute atomic E-state index is 6.29. The summed E-state index contributed by atoms with van der Waals surface area (Å²) in [6, 6.07) is 4.03. The monoisotopic (exact) mass is 317 g/mol. The van der Waals surface area contributed by atoms with Gasteiger partial charge >= 0.3 is 0 Å². The lowest BCUT2D eigenvalue weighted by Gasteiger charge is -2.17. The fourth-order valence-electron chi connectivity index (χ4n) is 2.16. The molecule has 2 rings (SSSR count). The van der Waals surface area contributed by atoms with Crippen molar-refractivity contribution in [1.82, 2.24) is 5.32 Å². The molecule has 0 fully saturated rings. The van der Waals surface area contributed by atoms with Crippen LogP contribution >= 0.6 is 34.5 Å². The van der Waals surface area contributed by atoms with E-state index in [9.17, 15) is 0 Å². The minimum absolute atomic E-state index is 0.0358. The zero-order chi connectivity index (χ0) is 14.0. The summed E-state index contributed by atoms with van der Waals surface area (Å²) in [6.45, 7) is 6.98. The Morgan fingerprint density at radius 1 is 1.26 bits per heavy atom. The maximum Gasteiger partial charge on any atom is 0.106 e. The normalized spacial score (nSPS) is 12.9. The largest absolute Gasteiger partial charge is 0.466 e. The SMILES string of the molecule is CCCNC(c1cc(C)oc1C)c1cc(Cl)sc1Cl. The Balaban J connectivity index is 2.41. The van der Waals surface area contributed by atoms with E-state index >= 15 is 0 Å². The summed E-state index contributed by atoms with van der Waals surface area (Å²) in [4.78, 5) is 0. The number of furan rings is 1. The third kappa shape index (κ3) is 3.34. The van der Waals surface area contributed by atoms with Crippen LogP contribution in [0.4, 0.5) is 0 Å². The molecule has 0 aliphatic carbocycles. The summed E-state index contributed by atoms with van der Waals surface area (Å²) in [6.07, 6.45) is 1.06. The molecule has 19 heavy (non-hydrogen) atoms. The number of hydrogen-bond acceptors (Lipinski definition) is 3. The molecule has 5 heteroatoms. The van der Waals surface area contributed by atoms with E-state index in [1.165, 1.54) is 11.3 Å². The quantitative estimate of drug-likeness (QED) is 0.803. The second-order valence-corrected chi connectivity index (χ2v) is 6.82. The van der Waals surface area contributed by atoms with Gasteiger partial charge in [-0.2, -0.15) is 0 Å². The molecule has 0 radical (unpaired) electrons. The van der Waals surface area contributed by atoms with Crippen molar-refractivity contribution in [3.63, 3.8) is 0 Å². The van der Waals surface area contributed by atoms with Crippen LogP contribution in [0.2, 0.25) is 8.67 Å². The molecule has 2 aromatic heterocycles. The van der Waals surface area contributed by atoms with Crippen LogP contribution in [0.3, 0.4) is 0 Å². The van der Waals surface area contributed by atoms with Crippen LogP contribution in [-0.2, 0) is 0 Å². The predicted molar refractivity (Wildman–Crippen MR) is 82.7 cm³/mol. The van der Waals surface area contributed by atoms with E-state index in [2.05, 4.69) is 18.3 Å². The van der Waals surface area contributed by atoms with Gasteiger partial charge < -0.3 is 9.73 Å². The molecule has 2 heterocycles. The van der Waals surface area contributed by atoms with Crippen molar-refractivity contribution in [2.75, 3.05) is 6.54 Å². The van der Waals surface area contributed by atoms with Crippen LogP contribution in [0.5, 0.6) is 0 Å². The molecule has 0 aliphatic heterocycles. The number of hydrogen-bond donors (Lipinski definition) is 1. The van der Waals surface area contributed by atoms with Gasteiger partial charge in [-0.15, -0.1) is 11.3 Å². The first-order valence-electron chi connectivity index (χ1n) is 6.28. The van der Waals surface area contributed by atoms with E-state index in [0.29, 0.717) is 4.34 Å². The number of thiophene rings is 1. The first-order valence-corrected chi connectivity index (χ1v) is 7.85. The van der Waals surface area contributed by atoms with Crippen LogP contribution in [0.15, 0.2) is 16.5 Å². The molecule has 1 N–H and O–H groups in total. The topological polar surface area (TPSA) is 25.2 Å². The minimum Gasteiger partial charge on any atom is -0.466 e. The molecule has 1 unspecified atom stereocenters. The zero-order valence-electron chi connectivity index (χ0n) is 11.2. The van der Waals surface area contributed by atoms with Gasteiger partial charge in [0.25, 0.3) is 0 Å². The van der Waals surface area contributed by atoms with Gasteiger partial charge in [0, 0.05) is 11.1 Å². The Labute approximate surface area is 127 Å². The Morgan fingerprint density at radius 2 is 2.00 bits per heavy atom. The van der Waals surface area contributed by atoms with Crippen molar-refractivity contribution in [3.8, 4) is 0 Å². The van der Waals surface area contributed by atoms with Gasteiger partial charge in [0.05, 0.1) is 14.7 Å². The lowest BCUT2D eigenvalue weighted by atomic mass is 10.0. The zero-order valence-corrected chi connectivity index (χ0v) is 13.5. The molecule has 0 aliphatic rings. The predicted octanol–water partition coefficient (Wildman–Crippen LogP) is 5.35. The van der Waals surface area contributed by atoms with Gasteiger partial charge in [0.2, 0.25) is 0 Å². The Morgan fingerprint density at radius 3 is 2.47 bits per heavy atom. The highest BCUT2D eigenvalue weighted by Gasteiger charge is 2.22. The molecule has 2 nitrogen and oxygen atoms in total. The Bertz CT molecular complexity index is 516. The van der Waals surface area contributed by atoms with Crippen LogP contribution in [0.25, 0.3) is 0 Å². The lowest BCUT2D eigenvalue weighted by molar-refractivity contribution is 0.494. The summed E-state index contributed by atoms with van der Waals surface area (Å²) in [5.74, 6) is 1.83. The van der Waals surface area contributed by atoms with E-state index in [-0.39, 0.29) is 6.04 Å². The molecular formula is C14H17Cl2NOS. The Kier molecular flexibility index (Phi) is 4.96. The first kappa shape index (κ1) is 14.9. The number of nitrogens with one attached hydrogen (secondary N) is 1. The molecule has 0 saturated heterocycles. The summed E-state index contributed by atoms with van der Waals surface area (Å²) < 4.78 is 7.07. The third-order valence-electron chi connectivity index (χ3n) is 2.98. The maximum atomic E-state index is 6.29. The van der Waals surface area contributed by atoms with E-state index in [1.54, 1.807) is 0 Å². The van der Waals surface area contributed by atoms with Crippen LogP contribution in [-0.4, -0.2) is 6.54 Å². The highest BCUT2D eigenvalue weighted by atomic mass is 35.5. The van der Waals surface area contributed by atoms with E-state index in [1.807, 2.05) is 19.9 Å². The van der Waals surface area contributed by atoms with E-state index in [0.717, 1.165) is 39.9 Å². The van der Waals surface area contributed by atoms with Gasteiger partial charge in [0.1, 0.15) is 11.5 Å². The molecular weight excluding hydrogens is 301 g/mol. The standard InChI is InChI=1S/C14H17Cl2NOS/c1-4-5-17-13(10-6-8(2)18-9(10)3)11-7-12(15)19-14(11)16/h6-7,13,17H,4-5H2,1-3H3. The van der Waals surface area contributed by atoms with Crippen molar-refractivity contribution in [2.45, 2.75) is 33.2 Å². The highest BCUT2D eigenvalue weighted by molar-refractivity contribution is 7.20. The molecule has 2 aromatic rings. The van der Waals surface area contributed by atoms with Crippen LogP contribution in [0, 0.1) is 13.8 Å². The lowest BCUT2D eigenvalue weighted by Crippen LogP contribution is -2.23.